The highest BCUT2D eigenvalue weighted by molar-refractivity contribution is 6.74. The number of carbonyl (C=O) groups is 4. The van der Waals surface area contributed by atoms with E-state index in [2.05, 4.69) is 129 Å². The average molecular weight is 1330 g/mol. The summed E-state index contributed by atoms with van der Waals surface area (Å²) < 4.78 is 47.5. The summed E-state index contributed by atoms with van der Waals surface area (Å²) in [5, 5.41) is 42.7. The summed E-state index contributed by atoms with van der Waals surface area (Å²) in [6, 6.07) is 0. The highest BCUT2D eigenvalue weighted by Gasteiger charge is 2.50. The highest BCUT2D eigenvalue weighted by Crippen LogP contribution is 2.44. The van der Waals surface area contributed by atoms with Crippen molar-refractivity contribution in [2.45, 2.75) is 323 Å². The van der Waals surface area contributed by atoms with Crippen LogP contribution in [0.2, 0.25) is 36.3 Å². The largest absolute Gasteiger partial charge is 0.457 e. The van der Waals surface area contributed by atoms with Crippen molar-refractivity contribution in [1.82, 2.24) is 0 Å². The van der Waals surface area contributed by atoms with Crippen LogP contribution in [0.1, 0.15) is 203 Å². The van der Waals surface area contributed by atoms with Gasteiger partial charge < -0.3 is 57.7 Å². The SMILES string of the molecule is C=C/C=C(\C)[C@H]1OC(=O)C[C@H](O)CC[C@@](C)(O)[C@@H](OC(C)=O)/C=C/[C@@H]1C.C=C[C@@H](C)C[C@H]1O[C@@H]1[C@H](C)[C@@H](CC)O[Si](C)(C)C(C)(C)C.CC[C@@H](O[Si](C)(C)C(C)(C)C)[C@@H](C)[C@H]1O[C@@H]1C[C@H](C)/C=C/C=C(\C)[C@H]1OC(=O)C[C@H](O)CC[C@@](C)(O)[C@@H](OC(C)=O)/C=C/[C@@H]1C. The fraction of sp³-hybridized carbons (Fsp3) is 0.757. The minimum atomic E-state index is -1.86. The standard InChI is InChI=1S/C36H62O8Si.C20H30O6.C18H36O2Si/c1-13-29(44-45(11,12)35(7,8)9)26(5)34-30(42-34)21-23(2)15-14-16-24(3)33-25(4)17-18-31(41-27(6)37)36(10,40)20-19-28(38)22-32(39)43-33;1-6-7-13(2)19-14(3)8-9-17(25-15(4)21)20(5,24)11-10-16(22)12-18(23)26-19;1-10-13(3)12-16-17(19-16)14(4)15(11-2)20-21(8,9)18(5,6)7/h14-18,23,25-26,28-31,33-34,38,40H,13,19-22H2,1-12H3;6-9,14,16-17,19,22,24H,1,10-12H2,2-5H3;10,13-17H,1,11-12H2,2-9H3/b15-14+,18-17+,24-16+;9-8+,13-7+;/t23-,25+,26-,28-,29-,30-,31+,33-,34-,36-;14-,16+,17-,19+,20+;13-,14-,15-,16-,17-/m101/s1. The van der Waals surface area contributed by atoms with E-state index in [0.717, 1.165) is 36.8 Å². The van der Waals surface area contributed by atoms with Crippen LogP contribution < -0.4 is 0 Å². The molecule has 18 heteroatoms. The van der Waals surface area contributed by atoms with Gasteiger partial charge in [-0.3, -0.25) is 19.2 Å². The molecular weight excluding hydrogens is 1200 g/mol. The van der Waals surface area contributed by atoms with Gasteiger partial charge in [-0.1, -0.05) is 152 Å². The third-order valence-electron chi connectivity index (χ3n) is 19.7. The molecule has 0 aromatic carbocycles. The molecule has 4 rings (SSSR count). The summed E-state index contributed by atoms with van der Waals surface area (Å²) in [4.78, 5) is 48.0. The van der Waals surface area contributed by atoms with Crippen molar-refractivity contribution in [3.05, 3.63) is 85.1 Å². The molecule has 4 aliphatic heterocycles. The number of carbonyl (C=O) groups excluding carboxylic acids is 4. The lowest BCUT2D eigenvalue weighted by molar-refractivity contribution is -0.158. The van der Waals surface area contributed by atoms with E-state index >= 15 is 0 Å². The number of hydrogen-bond donors (Lipinski definition) is 4. The van der Waals surface area contributed by atoms with Gasteiger partial charge in [0, 0.05) is 49.7 Å². The van der Waals surface area contributed by atoms with E-state index in [1.165, 1.54) is 13.8 Å². The van der Waals surface area contributed by atoms with Gasteiger partial charge in [-0.15, -0.1) is 6.58 Å². The van der Waals surface area contributed by atoms with Crippen LogP contribution in [0.25, 0.3) is 0 Å². The molecule has 20 atom stereocenters. The minimum absolute atomic E-state index is 0.152. The van der Waals surface area contributed by atoms with Gasteiger partial charge in [0.25, 0.3) is 0 Å². The Hall–Kier alpha value is -3.83. The first-order chi connectivity index (χ1) is 42.3. The van der Waals surface area contributed by atoms with E-state index in [9.17, 15) is 39.6 Å². The predicted molar refractivity (Wildman–Crippen MR) is 373 cm³/mol. The van der Waals surface area contributed by atoms with Crippen LogP contribution >= 0.6 is 0 Å². The van der Waals surface area contributed by atoms with Crippen molar-refractivity contribution in [1.29, 1.82) is 0 Å². The van der Waals surface area contributed by atoms with Gasteiger partial charge >= 0.3 is 23.9 Å². The number of cyclic esters (lactones) is 2. The average Bonchev–Trinajstić information content (AvgIpc) is 1.62. The molecule has 16 nitrogen and oxygen atoms in total. The van der Waals surface area contributed by atoms with E-state index in [0.29, 0.717) is 36.1 Å². The molecule has 0 saturated carbocycles. The van der Waals surface area contributed by atoms with Crippen molar-refractivity contribution in [2.24, 2.45) is 35.5 Å². The molecule has 0 spiro atoms. The number of esters is 4. The Morgan fingerprint density at radius 2 is 1.00 bits per heavy atom. The molecule has 92 heavy (non-hydrogen) atoms. The molecule has 4 aliphatic rings. The Morgan fingerprint density at radius 1 is 0.641 bits per heavy atom. The van der Waals surface area contributed by atoms with E-state index < -0.39 is 88.3 Å². The van der Waals surface area contributed by atoms with Crippen LogP contribution in [0.4, 0.5) is 0 Å². The summed E-state index contributed by atoms with van der Waals surface area (Å²) in [7, 11) is -3.57. The Kier molecular flexibility index (Phi) is 33.9. The summed E-state index contributed by atoms with van der Waals surface area (Å²) >= 11 is 0. The summed E-state index contributed by atoms with van der Waals surface area (Å²) in [5.74, 6) is -0.892. The van der Waals surface area contributed by atoms with Gasteiger partial charge in [0.15, 0.2) is 16.6 Å². The zero-order valence-corrected chi connectivity index (χ0v) is 63.3. The number of aliphatic hydroxyl groups excluding tert-OH is 2. The maximum atomic E-state index is 12.7. The topological polar surface area (TPSA) is 230 Å². The molecule has 0 aromatic rings. The molecule has 0 bridgehead atoms. The molecule has 0 amide bonds. The Balaban J connectivity index is 0.000000517. The van der Waals surface area contributed by atoms with Crippen molar-refractivity contribution in [3.8, 4) is 0 Å². The smallest absolute Gasteiger partial charge is 0.309 e. The van der Waals surface area contributed by atoms with Crippen molar-refractivity contribution >= 4 is 40.5 Å². The quantitative estimate of drug-likeness (QED) is 0.0197. The van der Waals surface area contributed by atoms with Crippen LogP contribution in [0, 0.1) is 35.5 Å². The zero-order valence-electron chi connectivity index (χ0n) is 61.3. The van der Waals surface area contributed by atoms with Crippen LogP contribution in [0.15, 0.2) is 85.1 Å². The van der Waals surface area contributed by atoms with E-state index in [1.807, 2.05) is 52.0 Å². The van der Waals surface area contributed by atoms with Crippen molar-refractivity contribution in [2.75, 3.05) is 0 Å². The van der Waals surface area contributed by atoms with Gasteiger partial charge in [-0.05, 0) is 150 Å². The van der Waals surface area contributed by atoms with Crippen molar-refractivity contribution in [3.63, 3.8) is 0 Å². The van der Waals surface area contributed by atoms with E-state index in [4.69, 9.17) is 37.3 Å². The fourth-order valence-electron chi connectivity index (χ4n) is 11.2. The molecule has 0 unspecified atom stereocenters. The van der Waals surface area contributed by atoms with E-state index in [1.54, 1.807) is 44.2 Å². The second-order valence-corrected chi connectivity index (χ2v) is 40.1. The number of epoxide rings is 2. The Labute approximate surface area is 558 Å². The third-order valence-corrected chi connectivity index (χ3v) is 28.7. The van der Waals surface area contributed by atoms with Crippen LogP contribution in [-0.4, -0.2) is 145 Å². The summed E-state index contributed by atoms with van der Waals surface area (Å²) in [6.45, 7) is 57.1. The van der Waals surface area contributed by atoms with Gasteiger partial charge in [0.05, 0.1) is 49.5 Å². The molecular formula is C74H128O16Si2. The predicted octanol–water partition coefficient (Wildman–Crippen LogP) is 14.9. The normalized spacial score (nSPS) is 32.5. The highest BCUT2D eigenvalue weighted by atomic mass is 28.4. The summed E-state index contributed by atoms with van der Waals surface area (Å²) in [5.41, 5.74) is -1.13. The first-order valence-electron chi connectivity index (χ1n) is 34.1. The lowest BCUT2D eigenvalue weighted by Crippen LogP contribution is -2.46. The Bertz CT molecular complexity index is 2500. The van der Waals surface area contributed by atoms with E-state index in [-0.39, 0.29) is 84.7 Å². The number of rotatable bonds is 22. The monoisotopic (exact) mass is 1330 g/mol. The first-order valence-corrected chi connectivity index (χ1v) is 39.9. The molecule has 0 radical (unpaired) electrons. The first kappa shape index (κ1) is 84.3. The molecule has 2 saturated heterocycles. The zero-order chi connectivity index (χ0) is 70.7. The fourth-order valence-corrected chi connectivity index (χ4v) is 14.2. The van der Waals surface area contributed by atoms with Gasteiger partial charge in [-0.25, -0.2) is 0 Å². The van der Waals surface area contributed by atoms with Crippen LogP contribution in [0.5, 0.6) is 0 Å². The number of aliphatic hydroxyl groups is 4. The number of ether oxygens (including phenoxy) is 6. The van der Waals surface area contributed by atoms with Crippen LogP contribution in [-0.2, 0) is 56.5 Å². The molecule has 4 N–H and O–H groups in total. The lowest BCUT2D eigenvalue weighted by Gasteiger charge is -2.40. The van der Waals surface area contributed by atoms with Crippen LogP contribution in [0.3, 0.4) is 0 Å². The van der Waals surface area contributed by atoms with Gasteiger partial charge in [0.1, 0.15) is 35.6 Å². The van der Waals surface area contributed by atoms with Gasteiger partial charge in [0.2, 0.25) is 0 Å². The van der Waals surface area contributed by atoms with Crippen molar-refractivity contribution < 1.29 is 76.9 Å². The van der Waals surface area contributed by atoms with Gasteiger partial charge in [-0.2, -0.15) is 0 Å². The molecule has 0 aromatic heterocycles. The third kappa shape index (κ3) is 28.1. The lowest BCUT2D eigenvalue weighted by atomic mass is 9.88. The number of hydrogen-bond acceptors (Lipinski definition) is 16. The number of allylic oxidation sites excluding steroid dienone is 6. The maximum absolute atomic E-state index is 12.7. The molecule has 4 heterocycles. The molecule has 528 valence electrons. The Morgan fingerprint density at radius 3 is 1.33 bits per heavy atom. The minimum Gasteiger partial charge on any atom is -0.457 e. The molecule has 2 fully saturated rings. The second-order valence-electron chi connectivity index (χ2n) is 30.6. The second kappa shape index (κ2) is 37.1. The summed E-state index contributed by atoms with van der Waals surface area (Å²) in [6.07, 6.45) is 19.6. The molecule has 0 aliphatic carbocycles. The maximum Gasteiger partial charge on any atom is 0.309 e.